The lowest BCUT2D eigenvalue weighted by atomic mass is 9.33. The van der Waals surface area contributed by atoms with Crippen LogP contribution in [0.1, 0.15) is 153 Å². The smallest absolute Gasteiger partial charge is 0.252 e. The number of rotatable bonds is 3. The highest BCUT2D eigenvalue weighted by Crippen LogP contribution is 2.56. The van der Waals surface area contributed by atoms with Gasteiger partial charge in [-0.2, -0.15) is 0 Å². The van der Waals surface area contributed by atoms with Crippen molar-refractivity contribution in [2.24, 2.45) is 0 Å². The SMILES string of the molecule is Cc1cc2c3c(c1)N(c1cc4c(cc1C)C(C)(C)CCC4(C)C)c1ccc(-c4cccc5sc6ccccc6c45)cc1B3c1cc3c(cc1N2c1ccc2c(c1)C(C)(C)CC2(C)C)C(C)(C)CC3(C)C. The quantitative estimate of drug-likeness (QED) is 0.163. The molecule has 0 bridgehead atoms. The van der Waals surface area contributed by atoms with Crippen molar-refractivity contribution in [2.45, 2.75) is 155 Å². The first-order valence-corrected chi connectivity index (χ1v) is 27.1. The van der Waals surface area contributed by atoms with E-state index in [0.717, 1.165) is 12.8 Å². The van der Waals surface area contributed by atoms with Gasteiger partial charge in [-0.1, -0.05) is 144 Å². The lowest BCUT2D eigenvalue weighted by molar-refractivity contribution is 0.332. The van der Waals surface area contributed by atoms with Gasteiger partial charge in [0.1, 0.15) is 0 Å². The van der Waals surface area contributed by atoms with Gasteiger partial charge in [0.25, 0.3) is 6.71 Å². The van der Waals surface area contributed by atoms with Gasteiger partial charge < -0.3 is 9.80 Å². The summed E-state index contributed by atoms with van der Waals surface area (Å²) in [5.41, 5.74) is 26.7. The fourth-order valence-electron chi connectivity index (χ4n) is 15.4. The number of anilines is 6. The van der Waals surface area contributed by atoms with Gasteiger partial charge in [-0.15, -0.1) is 11.3 Å². The van der Waals surface area contributed by atoms with E-state index in [0.29, 0.717) is 0 Å². The van der Waals surface area contributed by atoms with Gasteiger partial charge >= 0.3 is 0 Å². The fourth-order valence-corrected chi connectivity index (χ4v) is 16.5. The van der Waals surface area contributed by atoms with E-state index in [2.05, 4.69) is 222 Å². The predicted molar refractivity (Wildman–Crippen MR) is 305 cm³/mol. The molecule has 4 heteroatoms. The molecule has 13 rings (SSSR count). The first-order valence-electron chi connectivity index (χ1n) is 26.2. The summed E-state index contributed by atoms with van der Waals surface area (Å²) >= 11 is 1.91. The molecule has 0 amide bonds. The summed E-state index contributed by atoms with van der Waals surface area (Å²) in [5.74, 6) is 0. The highest BCUT2D eigenvalue weighted by Gasteiger charge is 2.50. The van der Waals surface area contributed by atoms with Crippen LogP contribution in [0.25, 0.3) is 31.3 Å². The van der Waals surface area contributed by atoms with Crippen LogP contribution < -0.4 is 26.2 Å². The molecule has 0 saturated heterocycles. The maximum Gasteiger partial charge on any atom is 0.252 e. The summed E-state index contributed by atoms with van der Waals surface area (Å²) in [6.45, 7) is 34.4. The molecule has 3 aliphatic carbocycles. The maximum absolute atomic E-state index is 2.71. The van der Waals surface area contributed by atoms with E-state index in [1.54, 1.807) is 0 Å². The van der Waals surface area contributed by atoms with Crippen LogP contribution in [0, 0.1) is 13.8 Å². The number of nitrogens with zero attached hydrogens (tertiary/aromatic N) is 2. The van der Waals surface area contributed by atoms with Crippen LogP contribution in [0.5, 0.6) is 0 Å². The Morgan fingerprint density at radius 3 is 1.73 bits per heavy atom. The van der Waals surface area contributed by atoms with Crippen LogP contribution in [-0.2, 0) is 32.5 Å². The lowest BCUT2D eigenvalue weighted by Crippen LogP contribution is -2.61. The lowest BCUT2D eigenvalue weighted by Gasteiger charge is -2.46. The second-order valence-electron chi connectivity index (χ2n) is 26.4. The zero-order valence-electron chi connectivity index (χ0n) is 44.2. The zero-order chi connectivity index (χ0) is 49.0. The Kier molecular flexibility index (Phi) is 8.93. The molecule has 0 atom stereocenters. The minimum Gasteiger partial charge on any atom is -0.311 e. The van der Waals surface area contributed by atoms with E-state index in [4.69, 9.17) is 0 Å². The summed E-state index contributed by atoms with van der Waals surface area (Å²) in [5, 5.41) is 2.71. The topological polar surface area (TPSA) is 6.48 Å². The van der Waals surface area contributed by atoms with Gasteiger partial charge in [0.2, 0.25) is 0 Å². The number of benzene rings is 7. The van der Waals surface area contributed by atoms with Crippen LogP contribution in [0.2, 0.25) is 0 Å². The van der Waals surface area contributed by atoms with Crippen molar-refractivity contribution in [1.82, 2.24) is 0 Å². The predicted octanol–water partition coefficient (Wildman–Crippen LogP) is 16.7. The van der Waals surface area contributed by atoms with Gasteiger partial charge in [-0.05, 0) is 199 Å². The van der Waals surface area contributed by atoms with Crippen molar-refractivity contribution in [1.29, 1.82) is 0 Å². The average molecular weight is 933 g/mol. The van der Waals surface area contributed by atoms with E-state index in [1.165, 1.54) is 139 Å². The molecule has 3 heterocycles. The van der Waals surface area contributed by atoms with Gasteiger partial charge in [-0.3, -0.25) is 0 Å². The third-order valence-electron chi connectivity index (χ3n) is 18.4. The maximum atomic E-state index is 2.71. The van der Waals surface area contributed by atoms with E-state index < -0.39 is 0 Å². The third-order valence-corrected chi connectivity index (χ3v) is 19.6. The number of fused-ring (bicyclic) bond motifs is 10. The summed E-state index contributed by atoms with van der Waals surface area (Å²) in [4.78, 5) is 5.41. The second-order valence-corrected chi connectivity index (χ2v) is 27.5. The minimum absolute atomic E-state index is 0.0180. The molecule has 0 fully saturated rings. The molecule has 5 aliphatic rings. The van der Waals surface area contributed by atoms with Crippen molar-refractivity contribution < 1.29 is 0 Å². The summed E-state index contributed by atoms with van der Waals surface area (Å²) < 4.78 is 2.69. The van der Waals surface area contributed by atoms with Crippen molar-refractivity contribution in [3.63, 3.8) is 0 Å². The van der Waals surface area contributed by atoms with Crippen molar-refractivity contribution in [2.75, 3.05) is 9.80 Å². The third kappa shape index (κ3) is 6.10. The molecule has 0 spiro atoms. The number of hydrogen-bond donors (Lipinski definition) is 0. The highest BCUT2D eigenvalue weighted by atomic mass is 32.1. The van der Waals surface area contributed by atoms with Crippen LogP contribution >= 0.6 is 11.3 Å². The molecular weight excluding hydrogens is 864 g/mol. The van der Waals surface area contributed by atoms with E-state index in [1.807, 2.05) is 11.3 Å². The molecule has 70 heavy (non-hydrogen) atoms. The molecule has 0 unspecified atom stereocenters. The molecule has 0 radical (unpaired) electrons. The zero-order valence-corrected chi connectivity index (χ0v) is 45.0. The van der Waals surface area contributed by atoms with E-state index in [9.17, 15) is 0 Å². The van der Waals surface area contributed by atoms with Crippen molar-refractivity contribution in [3.05, 3.63) is 160 Å². The molecule has 8 aromatic rings. The van der Waals surface area contributed by atoms with Crippen molar-refractivity contribution in [3.8, 4) is 11.1 Å². The first kappa shape index (κ1) is 44.4. The molecule has 352 valence electrons. The van der Waals surface area contributed by atoms with Crippen LogP contribution in [-0.4, -0.2) is 6.71 Å². The summed E-state index contributed by atoms with van der Waals surface area (Å²) in [7, 11) is 0. The normalized spacial score (nSPS) is 19.9. The monoisotopic (exact) mass is 933 g/mol. The Bertz CT molecular complexity index is 3610. The molecule has 2 nitrogen and oxygen atoms in total. The Morgan fingerprint density at radius 1 is 0.443 bits per heavy atom. The van der Waals surface area contributed by atoms with Gasteiger partial charge in [0.15, 0.2) is 0 Å². The molecule has 0 N–H and O–H groups in total. The number of hydrogen-bond acceptors (Lipinski definition) is 3. The summed E-state index contributed by atoms with van der Waals surface area (Å²) in [6, 6.07) is 46.6. The van der Waals surface area contributed by atoms with Crippen LogP contribution in [0.15, 0.2) is 115 Å². The average Bonchev–Trinajstić information content (AvgIpc) is 3.83. The van der Waals surface area contributed by atoms with E-state index >= 15 is 0 Å². The molecule has 0 saturated carbocycles. The molecule has 1 aromatic heterocycles. The Morgan fingerprint density at radius 2 is 1.01 bits per heavy atom. The number of thiophene rings is 1. The minimum atomic E-state index is 0.0180. The van der Waals surface area contributed by atoms with Crippen LogP contribution in [0.3, 0.4) is 0 Å². The second kappa shape index (κ2) is 14.1. The van der Waals surface area contributed by atoms with Gasteiger partial charge in [0, 0.05) is 54.3 Å². The van der Waals surface area contributed by atoms with Gasteiger partial charge in [-0.25, -0.2) is 0 Å². The summed E-state index contributed by atoms with van der Waals surface area (Å²) in [6.07, 6.45) is 4.65. The standard InChI is InChI=1S/C66H69BN2S/c1-38-28-55-60-56(29-38)69(53-34-48-45(30-39(53)2)61(3,4)26-27-62(48,5)6)52-25-22-40(42-19-17-21-58-59(42)43-18-15-16-20-57(43)70-58)31-50(52)67(60)51-33-47-49(66(13,14)37-65(47,11)12)35-54(51)68(55)41-23-24-44-46(32-41)64(9,10)36-63(44,7)8/h15-25,28-35H,26-27,36-37H2,1-14H3. The molecule has 7 aromatic carbocycles. The molecule has 2 aliphatic heterocycles. The Balaban J connectivity index is 1.15. The Hall–Kier alpha value is -5.58. The number of aryl methyl sites for hydroxylation is 2. The van der Waals surface area contributed by atoms with Crippen molar-refractivity contribution >= 4 is 88.7 Å². The molecular formula is C66H69BN2S. The van der Waals surface area contributed by atoms with Crippen LogP contribution in [0.4, 0.5) is 34.1 Å². The fraction of sp³-hybridized carbons (Fsp3) is 0.364. The van der Waals surface area contributed by atoms with E-state index in [-0.39, 0.29) is 39.2 Å². The van der Waals surface area contributed by atoms with Gasteiger partial charge in [0.05, 0.1) is 0 Å². The largest absolute Gasteiger partial charge is 0.311 e. The first-order chi connectivity index (χ1) is 33.0. The highest BCUT2D eigenvalue weighted by molar-refractivity contribution is 7.26. The Labute approximate surface area is 422 Å².